The molecule has 0 fully saturated rings. The lowest BCUT2D eigenvalue weighted by molar-refractivity contribution is 0.398. The first-order chi connectivity index (χ1) is 12.0. The summed E-state index contributed by atoms with van der Waals surface area (Å²) in [6, 6.07) is 6.73. The van der Waals surface area contributed by atoms with Crippen LogP contribution < -0.4 is 0 Å². The fourth-order valence-electron chi connectivity index (χ4n) is 1.21. The minimum absolute atomic E-state index is 0. The summed E-state index contributed by atoms with van der Waals surface area (Å²) < 4.78 is 12.5. The van der Waals surface area contributed by atoms with Crippen LogP contribution in [0.4, 0.5) is 4.39 Å². The third-order valence-electron chi connectivity index (χ3n) is 2.71. The van der Waals surface area contributed by atoms with Crippen LogP contribution in [0.5, 0.6) is 0 Å². The molecule has 0 aliphatic carbocycles. The summed E-state index contributed by atoms with van der Waals surface area (Å²) >= 11 is 0. The van der Waals surface area contributed by atoms with Crippen LogP contribution in [0.2, 0.25) is 0 Å². The normalized spacial score (nSPS) is 11.4. The maximum absolute atomic E-state index is 12.5. The Morgan fingerprint density at radius 2 is 0.828 bits per heavy atom. The van der Waals surface area contributed by atoms with Gasteiger partial charge in [-0.2, -0.15) is 0 Å². The van der Waals surface area contributed by atoms with Crippen molar-refractivity contribution in [2.75, 3.05) is 0 Å². The van der Waals surface area contributed by atoms with E-state index in [0.29, 0.717) is 16.2 Å². The molecule has 1 aromatic carbocycles. The predicted octanol–water partition coefficient (Wildman–Crippen LogP) is 10.6. The molecule has 0 nitrogen and oxygen atoms in total. The highest BCUT2D eigenvalue weighted by Gasteiger charge is 2.10. The smallest absolute Gasteiger partial charge is 0.123 e. The highest BCUT2D eigenvalue weighted by atomic mass is 19.1. The van der Waals surface area contributed by atoms with Gasteiger partial charge < -0.3 is 0 Å². The van der Waals surface area contributed by atoms with Crippen molar-refractivity contribution in [1.82, 2.24) is 0 Å². The van der Waals surface area contributed by atoms with Gasteiger partial charge >= 0.3 is 0 Å². The van der Waals surface area contributed by atoms with Gasteiger partial charge in [0, 0.05) is 0 Å². The zero-order chi connectivity index (χ0) is 23.4. The first-order valence-corrected chi connectivity index (χ1v) is 10.8. The number of rotatable bonds is 1. The van der Waals surface area contributed by atoms with Gasteiger partial charge in [-0.05, 0) is 45.8 Å². The van der Waals surface area contributed by atoms with Gasteiger partial charge in [-0.3, -0.25) is 0 Å². The van der Waals surface area contributed by atoms with E-state index < -0.39 is 0 Å². The Balaban J connectivity index is -0.000000157. The zero-order valence-corrected chi connectivity index (χ0v) is 22.1. The monoisotopic (exact) mass is 412 g/mol. The molecule has 1 rings (SSSR count). The second kappa shape index (κ2) is 15.0. The van der Waals surface area contributed by atoms with E-state index >= 15 is 0 Å². The highest BCUT2D eigenvalue weighted by molar-refractivity contribution is 5.17. The number of benzene rings is 1. The molecule has 0 saturated heterocycles. The summed E-state index contributed by atoms with van der Waals surface area (Å²) in [5.41, 5.74) is 3.02. The van der Waals surface area contributed by atoms with E-state index in [1.807, 2.05) is 12.1 Å². The highest BCUT2D eigenvalue weighted by Crippen LogP contribution is 2.20. The van der Waals surface area contributed by atoms with Crippen molar-refractivity contribution >= 4 is 0 Å². The summed E-state index contributed by atoms with van der Waals surface area (Å²) in [6.45, 7) is 33.0. The van der Waals surface area contributed by atoms with Crippen molar-refractivity contribution < 1.29 is 4.39 Å². The number of hydrogen-bond donors (Lipinski definition) is 0. The van der Waals surface area contributed by atoms with Crippen molar-refractivity contribution in [2.45, 2.75) is 124 Å². The molecule has 0 amide bonds. The predicted molar refractivity (Wildman–Crippen MR) is 136 cm³/mol. The molecule has 0 spiro atoms. The minimum atomic E-state index is -0.160. The molecule has 0 bridgehead atoms. The van der Waals surface area contributed by atoms with Gasteiger partial charge in [-0.15, -0.1) is 0 Å². The SMILES string of the molecule is C.CC(C)(C)C.CC(C)(C)C.CC(C)(C)Cc1ccc(F)cc1.CCC(C)(C)C. The molecule has 0 atom stereocenters. The summed E-state index contributed by atoms with van der Waals surface area (Å²) in [5.74, 6) is -0.160. The number of halogens is 1. The maximum Gasteiger partial charge on any atom is 0.123 e. The largest absolute Gasteiger partial charge is 0.207 e. The molecule has 0 N–H and O–H groups in total. The van der Waals surface area contributed by atoms with E-state index in [4.69, 9.17) is 0 Å². The summed E-state index contributed by atoms with van der Waals surface area (Å²) in [4.78, 5) is 0. The minimum Gasteiger partial charge on any atom is -0.207 e. The van der Waals surface area contributed by atoms with Crippen LogP contribution in [0.25, 0.3) is 0 Å². The van der Waals surface area contributed by atoms with E-state index in [0.717, 1.165) is 6.42 Å². The molecule has 176 valence electrons. The van der Waals surface area contributed by atoms with Crippen molar-refractivity contribution in [2.24, 2.45) is 21.7 Å². The Kier molecular flexibility index (Phi) is 18.4. The maximum atomic E-state index is 12.5. The van der Waals surface area contributed by atoms with Crippen LogP contribution in [0, 0.1) is 27.5 Å². The molecular weight excluding hydrogens is 355 g/mol. The molecule has 0 unspecified atom stereocenters. The molecule has 0 aliphatic rings. The van der Waals surface area contributed by atoms with Crippen molar-refractivity contribution in [3.63, 3.8) is 0 Å². The van der Waals surface area contributed by atoms with Gasteiger partial charge in [-0.25, -0.2) is 4.39 Å². The third kappa shape index (κ3) is 58.4. The molecule has 1 aromatic rings. The molecule has 0 saturated carbocycles. The van der Waals surface area contributed by atoms with E-state index in [1.165, 1.54) is 24.1 Å². The Labute approximate surface area is 186 Å². The van der Waals surface area contributed by atoms with Gasteiger partial charge in [-0.1, -0.05) is 130 Å². The molecule has 0 radical (unpaired) electrons. The fourth-order valence-corrected chi connectivity index (χ4v) is 1.21. The molecule has 0 aliphatic heterocycles. The molecule has 0 heterocycles. The Morgan fingerprint density at radius 1 is 0.586 bits per heavy atom. The quantitative estimate of drug-likeness (QED) is 0.430. The van der Waals surface area contributed by atoms with Gasteiger partial charge in [0.25, 0.3) is 0 Å². The molecule has 0 aromatic heterocycles. The van der Waals surface area contributed by atoms with Crippen LogP contribution in [-0.2, 0) is 6.42 Å². The first kappa shape index (κ1) is 35.6. The second-order valence-electron chi connectivity index (χ2n) is 13.3. The molecule has 29 heavy (non-hydrogen) atoms. The van der Waals surface area contributed by atoms with Crippen molar-refractivity contribution in [3.05, 3.63) is 35.6 Å². The van der Waals surface area contributed by atoms with Gasteiger partial charge in [0.15, 0.2) is 0 Å². The van der Waals surface area contributed by atoms with E-state index in [1.54, 1.807) is 0 Å². The van der Waals surface area contributed by atoms with Crippen molar-refractivity contribution in [1.29, 1.82) is 0 Å². The van der Waals surface area contributed by atoms with Crippen LogP contribution in [0.3, 0.4) is 0 Å². The average Bonchev–Trinajstić information content (AvgIpc) is 2.36. The van der Waals surface area contributed by atoms with Crippen LogP contribution in [0.15, 0.2) is 24.3 Å². The summed E-state index contributed by atoms with van der Waals surface area (Å²) in [6.07, 6.45) is 2.26. The second-order valence-corrected chi connectivity index (χ2v) is 13.3. The Bertz CT molecular complexity index is 444. The van der Waals surface area contributed by atoms with E-state index in [2.05, 4.69) is 104 Å². The zero-order valence-electron chi connectivity index (χ0n) is 22.1. The van der Waals surface area contributed by atoms with E-state index in [9.17, 15) is 4.39 Å². The molecule has 1 heteroatoms. The lowest BCUT2D eigenvalue weighted by Crippen LogP contribution is -2.08. The number of hydrogen-bond acceptors (Lipinski definition) is 0. The standard InChI is InChI=1S/C11H15F.C6H14.2C5H12.CH4/c1-11(2,3)8-9-4-6-10(12)7-5-9;1-5-6(2,3)4;2*1-5(2,3)4;/h4-7H,8H2,1-3H3;5H2,1-4H3;2*1-4H3;1H4. The summed E-state index contributed by atoms with van der Waals surface area (Å²) in [7, 11) is 0. The third-order valence-corrected chi connectivity index (χ3v) is 2.71. The van der Waals surface area contributed by atoms with Gasteiger partial charge in [0.1, 0.15) is 5.82 Å². The summed E-state index contributed by atoms with van der Waals surface area (Å²) in [5, 5.41) is 0. The lowest BCUT2D eigenvalue weighted by atomic mass is 9.88. The average molecular weight is 413 g/mol. The van der Waals surface area contributed by atoms with Crippen LogP contribution in [-0.4, -0.2) is 0 Å². The Hall–Kier alpha value is -0.850. The van der Waals surface area contributed by atoms with Gasteiger partial charge in [0.05, 0.1) is 0 Å². The van der Waals surface area contributed by atoms with Crippen molar-refractivity contribution in [3.8, 4) is 0 Å². The lowest BCUT2D eigenvalue weighted by Gasteiger charge is -2.17. The van der Waals surface area contributed by atoms with Gasteiger partial charge in [0.2, 0.25) is 0 Å². The van der Waals surface area contributed by atoms with Crippen LogP contribution >= 0.6 is 0 Å². The topological polar surface area (TPSA) is 0 Å². The van der Waals surface area contributed by atoms with Crippen LogP contribution in [0.1, 0.15) is 123 Å². The first-order valence-electron chi connectivity index (χ1n) is 10.8. The fraction of sp³-hybridized carbons (Fsp3) is 0.786. The Morgan fingerprint density at radius 3 is 1.00 bits per heavy atom. The molecular formula is C28H57F. The van der Waals surface area contributed by atoms with E-state index in [-0.39, 0.29) is 18.7 Å².